The number of rotatable bonds is 4. The van der Waals surface area contributed by atoms with Crippen LogP contribution in [0.25, 0.3) is 0 Å². The summed E-state index contributed by atoms with van der Waals surface area (Å²) >= 11 is 0. The number of nitro benzene ring substituents is 1. The molecule has 0 saturated heterocycles. The van der Waals surface area contributed by atoms with E-state index in [9.17, 15) is 14.9 Å². The van der Waals surface area contributed by atoms with E-state index in [1.807, 2.05) is 0 Å². The van der Waals surface area contributed by atoms with Crippen LogP contribution in [0, 0.1) is 17.0 Å². The van der Waals surface area contributed by atoms with Gasteiger partial charge in [-0.2, -0.15) is 0 Å². The number of carbonyl (C=O) groups is 1. The Kier molecular flexibility index (Phi) is 3.74. The molecule has 0 aliphatic carbocycles. The maximum absolute atomic E-state index is 11.3. The van der Waals surface area contributed by atoms with E-state index in [2.05, 4.69) is 4.98 Å². The number of aryl methyl sites for hydroxylation is 1. The van der Waals surface area contributed by atoms with Gasteiger partial charge < -0.3 is 4.74 Å². The molecular weight excluding hydrogens is 260 g/mol. The maximum atomic E-state index is 11.3. The fourth-order valence-corrected chi connectivity index (χ4v) is 1.70. The SMILES string of the molecule is CC(=O)c1ccnc(Oc2ccc([N+](=O)[O-])c(C)c2)c1. The molecule has 2 aromatic rings. The second-order valence-electron chi connectivity index (χ2n) is 4.25. The van der Waals surface area contributed by atoms with E-state index in [1.165, 1.54) is 31.3 Å². The van der Waals surface area contributed by atoms with Crippen LogP contribution in [-0.2, 0) is 0 Å². The van der Waals surface area contributed by atoms with Gasteiger partial charge in [0.25, 0.3) is 5.69 Å². The van der Waals surface area contributed by atoms with Gasteiger partial charge in [0.05, 0.1) is 4.92 Å². The van der Waals surface area contributed by atoms with Gasteiger partial charge in [-0.3, -0.25) is 14.9 Å². The fourth-order valence-electron chi connectivity index (χ4n) is 1.70. The van der Waals surface area contributed by atoms with Gasteiger partial charge in [0.1, 0.15) is 5.75 Å². The minimum atomic E-state index is -0.451. The average Bonchev–Trinajstić information content (AvgIpc) is 2.38. The van der Waals surface area contributed by atoms with Crippen LogP contribution in [0.1, 0.15) is 22.8 Å². The predicted molar refractivity (Wildman–Crippen MR) is 72.1 cm³/mol. The highest BCUT2D eigenvalue weighted by molar-refractivity contribution is 5.94. The molecule has 1 heterocycles. The van der Waals surface area contributed by atoms with Gasteiger partial charge in [0, 0.05) is 29.5 Å². The molecule has 6 nitrogen and oxygen atoms in total. The van der Waals surface area contributed by atoms with Gasteiger partial charge in [-0.1, -0.05) is 0 Å². The van der Waals surface area contributed by atoms with Crippen LogP contribution >= 0.6 is 0 Å². The summed E-state index contributed by atoms with van der Waals surface area (Å²) < 4.78 is 5.50. The lowest BCUT2D eigenvalue weighted by molar-refractivity contribution is -0.385. The topological polar surface area (TPSA) is 82.3 Å². The number of carbonyl (C=O) groups excluding carboxylic acids is 1. The molecule has 1 aromatic heterocycles. The monoisotopic (exact) mass is 272 g/mol. The Balaban J connectivity index is 2.26. The number of Topliss-reactive ketones (excluding diaryl/α,β-unsaturated/α-hetero) is 1. The van der Waals surface area contributed by atoms with Crippen LogP contribution < -0.4 is 4.74 Å². The molecule has 0 amide bonds. The smallest absolute Gasteiger partial charge is 0.272 e. The molecular formula is C14H12N2O4. The number of nitrogens with zero attached hydrogens (tertiary/aromatic N) is 2. The molecule has 0 aliphatic rings. The molecule has 0 bridgehead atoms. The van der Waals surface area contributed by atoms with Crippen molar-refractivity contribution in [2.24, 2.45) is 0 Å². The number of ether oxygens (including phenoxy) is 1. The van der Waals surface area contributed by atoms with E-state index in [0.29, 0.717) is 16.9 Å². The summed E-state index contributed by atoms with van der Waals surface area (Å²) in [5.41, 5.74) is 1.02. The molecule has 0 aliphatic heterocycles. The molecule has 0 spiro atoms. The van der Waals surface area contributed by atoms with Crippen LogP contribution in [0.2, 0.25) is 0 Å². The number of hydrogen-bond acceptors (Lipinski definition) is 5. The molecule has 0 radical (unpaired) electrons. The van der Waals surface area contributed by atoms with Gasteiger partial charge in [0.2, 0.25) is 5.88 Å². The Morgan fingerprint density at radius 2 is 2.05 bits per heavy atom. The number of pyridine rings is 1. The lowest BCUT2D eigenvalue weighted by Crippen LogP contribution is -1.96. The summed E-state index contributed by atoms with van der Waals surface area (Å²) in [4.78, 5) is 25.5. The molecule has 0 unspecified atom stereocenters. The summed E-state index contributed by atoms with van der Waals surface area (Å²) in [5.74, 6) is 0.615. The van der Waals surface area contributed by atoms with E-state index in [-0.39, 0.29) is 17.4 Å². The largest absolute Gasteiger partial charge is 0.439 e. The first-order chi connectivity index (χ1) is 9.47. The van der Waals surface area contributed by atoms with Crippen LogP contribution in [0.3, 0.4) is 0 Å². The molecule has 0 saturated carbocycles. The van der Waals surface area contributed by atoms with Crippen molar-refractivity contribution in [2.45, 2.75) is 13.8 Å². The standard InChI is InChI=1S/C14H12N2O4/c1-9-7-12(3-4-13(9)16(18)19)20-14-8-11(10(2)17)5-6-15-14/h3-8H,1-2H3. The van der Waals surface area contributed by atoms with Gasteiger partial charge in [-0.15, -0.1) is 0 Å². The zero-order chi connectivity index (χ0) is 14.7. The third-order valence-corrected chi connectivity index (χ3v) is 2.73. The van der Waals surface area contributed by atoms with Crippen LogP contribution in [0.5, 0.6) is 11.6 Å². The van der Waals surface area contributed by atoms with E-state index in [4.69, 9.17) is 4.74 Å². The zero-order valence-corrected chi connectivity index (χ0v) is 11.0. The van der Waals surface area contributed by atoms with Crippen molar-refractivity contribution >= 4 is 11.5 Å². The maximum Gasteiger partial charge on any atom is 0.272 e. The molecule has 1 aromatic carbocycles. The summed E-state index contributed by atoms with van der Waals surface area (Å²) in [6, 6.07) is 7.54. The van der Waals surface area contributed by atoms with Crippen LogP contribution in [0.15, 0.2) is 36.5 Å². The third-order valence-electron chi connectivity index (χ3n) is 2.73. The summed E-state index contributed by atoms with van der Waals surface area (Å²) in [6.07, 6.45) is 1.48. The summed E-state index contributed by atoms with van der Waals surface area (Å²) in [5, 5.41) is 10.7. The van der Waals surface area contributed by atoms with Crippen LogP contribution in [-0.4, -0.2) is 15.7 Å². The van der Waals surface area contributed by atoms with Gasteiger partial charge >= 0.3 is 0 Å². The van der Waals surface area contributed by atoms with Crippen molar-refractivity contribution in [2.75, 3.05) is 0 Å². The number of nitro groups is 1. The molecule has 2 rings (SSSR count). The lowest BCUT2D eigenvalue weighted by Gasteiger charge is -2.06. The van der Waals surface area contributed by atoms with Crippen molar-refractivity contribution in [1.82, 2.24) is 4.98 Å². The minimum absolute atomic E-state index is 0.0304. The number of aromatic nitrogens is 1. The van der Waals surface area contributed by atoms with Gasteiger partial charge in [-0.25, -0.2) is 4.98 Å². The number of hydrogen-bond donors (Lipinski definition) is 0. The Bertz CT molecular complexity index is 683. The van der Waals surface area contributed by atoms with E-state index >= 15 is 0 Å². The number of ketones is 1. The second kappa shape index (κ2) is 5.48. The molecule has 20 heavy (non-hydrogen) atoms. The van der Waals surface area contributed by atoms with E-state index < -0.39 is 4.92 Å². The highest BCUT2D eigenvalue weighted by atomic mass is 16.6. The Labute approximate surface area is 115 Å². The fraction of sp³-hybridized carbons (Fsp3) is 0.143. The quantitative estimate of drug-likeness (QED) is 0.484. The highest BCUT2D eigenvalue weighted by Crippen LogP contribution is 2.26. The third kappa shape index (κ3) is 2.97. The van der Waals surface area contributed by atoms with Crippen molar-refractivity contribution in [3.05, 3.63) is 57.8 Å². The van der Waals surface area contributed by atoms with Crippen molar-refractivity contribution < 1.29 is 14.5 Å². The van der Waals surface area contributed by atoms with Gasteiger partial charge in [-0.05, 0) is 32.0 Å². The predicted octanol–water partition coefficient (Wildman–Crippen LogP) is 3.29. The average molecular weight is 272 g/mol. The molecule has 0 N–H and O–H groups in total. The summed E-state index contributed by atoms with van der Waals surface area (Å²) in [6.45, 7) is 3.08. The zero-order valence-electron chi connectivity index (χ0n) is 11.0. The van der Waals surface area contributed by atoms with E-state index in [1.54, 1.807) is 19.1 Å². The second-order valence-corrected chi connectivity index (χ2v) is 4.25. The first-order valence-corrected chi connectivity index (χ1v) is 5.87. The first kappa shape index (κ1) is 13.7. The first-order valence-electron chi connectivity index (χ1n) is 5.87. The number of benzene rings is 1. The normalized spacial score (nSPS) is 10.1. The molecule has 0 fully saturated rings. The Morgan fingerprint density at radius 3 is 2.65 bits per heavy atom. The van der Waals surface area contributed by atoms with Crippen molar-refractivity contribution in [3.8, 4) is 11.6 Å². The summed E-state index contributed by atoms with van der Waals surface area (Å²) in [7, 11) is 0. The van der Waals surface area contributed by atoms with Crippen LogP contribution in [0.4, 0.5) is 5.69 Å². The van der Waals surface area contributed by atoms with E-state index in [0.717, 1.165) is 0 Å². The molecule has 6 heteroatoms. The Hall–Kier alpha value is -2.76. The molecule has 0 atom stereocenters. The Morgan fingerprint density at radius 1 is 1.30 bits per heavy atom. The minimum Gasteiger partial charge on any atom is -0.439 e. The molecule has 102 valence electrons. The highest BCUT2D eigenvalue weighted by Gasteiger charge is 2.11. The van der Waals surface area contributed by atoms with Crippen molar-refractivity contribution in [1.29, 1.82) is 0 Å². The van der Waals surface area contributed by atoms with Gasteiger partial charge in [0.15, 0.2) is 5.78 Å². The lowest BCUT2D eigenvalue weighted by atomic mass is 10.2. The van der Waals surface area contributed by atoms with Crippen molar-refractivity contribution in [3.63, 3.8) is 0 Å².